The smallest absolute Gasteiger partial charge is 0.0704 e. The molecule has 0 amide bonds. The average molecular weight is 269 g/mol. The molecule has 1 aromatic carbocycles. The number of nitrogens with two attached hydrogens (primary N) is 1. The highest BCUT2D eigenvalue weighted by Gasteiger charge is 2.28. The Kier molecular flexibility index (Phi) is 3.99. The van der Waals surface area contributed by atoms with Gasteiger partial charge in [-0.15, -0.1) is 0 Å². The monoisotopic (exact) mass is 269 g/mol. The maximum absolute atomic E-state index is 5.82. The zero-order valence-corrected chi connectivity index (χ0v) is 12.0. The Morgan fingerprint density at radius 1 is 1.30 bits per heavy atom. The second-order valence-corrected chi connectivity index (χ2v) is 6.14. The molecule has 3 heteroatoms. The third-order valence-corrected chi connectivity index (χ3v) is 4.70. The van der Waals surface area contributed by atoms with Gasteiger partial charge in [0.05, 0.1) is 5.52 Å². The fourth-order valence-electron chi connectivity index (χ4n) is 3.55. The van der Waals surface area contributed by atoms with Crippen molar-refractivity contribution in [2.45, 2.75) is 38.6 Å². The van der Waals surface area contributed by atoms with Crippen LogP contribution in [0, 0.1) is 11.8 Å². The minimum Gasteiger partial charge on any atom is -0.271 e. The Balaban J connectivity index is 1.84. The molecule has 1 fully saturated rings. The van der Waals surface area contributed by atoms with E-state index in [4.69, 9.17) is 5.84 Å². The molecule has 0 radical (unpaired) electrons. The molecule has 3 rings (SSSR count). The normalized spacial score (nSPS) is 24.1. The van der Waals surface area contributed by atoms with E-state index in [1.54, 1.807) is 0 Å². The number of fused-ring (bicyclic) bond motifs is 1. The number of nitrogens with zero attached hydrogens (tertiary/aromatic N) is 1. The molecule has 1 aromatic heterocycles. The van der Waals surface area contributed by atoms with E-state index in [-0.39, 0.29) is 0 Å². The topological polar surface area (TPSA) is 50.9 Å². The highest BCUT2D eigenvalue weighted by atomic mass is 15.2. The molecule has 106 valence electrons. The standard InChI is InChI=1S/C17H23N3/c1-12-6-7-14(10-12)17(20-18)11-13-8-9-19-16-5-3-2-4-15(13)16/h2-5,8-9,12,14,17,20H,6-7,10-11,18H2,1H3. The number of nitrogens with one attached hydrogen (secondary N) is 1. The van der Waals surface area contributed by atoms with E-state index >= 15 is 0 Å². The summed E-state index contributed by atoms with van der Waals surface area (Å²) < 4.78 is 0. The van der Waals surface area contributed by atoms with Crippen molar-refractivity contribution in [3.8, 4) is 0 Å². The van der Waals surface area contributed by atoms with Crippen LogP contribution in [0.2, 0.25) is 0 Å². The summed E-state index contributed by atoms with van der Waals surface area (Å²) in [5, 5.41) is 1.25. The number of pyridine rings is 1. The van der Waals surface area contributed by atoms with E-state index in [9.17, 15) is 0 Å². The minimum absolute atomic E-state index is 0.366. The predicted octanol–water partition coefficient (Wildman–Crippen LogP) is 3.05. The van der Waals surface area contributed by atoms with Crippen molar-refractivity contribution >= 4 is 10.9 Å². The van der Waals surface area contributed by atoms with E-state index in [0.29, 0.717) is 12.0 Å². The number of aromatic nitrogens is 1. The van der Waals surface area contributed by atoms with E-state index in [1.165, 1.54) is 30.2 Å². The second-order valence-electron chi connectivity index (χ2n) is 6.14. The molecular formula is C17H23N3. The molecule has 0 aliphatic heterocycles. The molecule has 1 heterocycles. The van der Waals surface area contributed by atoms with Gasteiger partial charge in [-0.3, -0.25) is 16.3 Å². The summed E-state index contributed by atoms with van der Waals surface area (Å²) in [6, 6.07) is 10.8. The lowest BCUT2D eigenvalue weighted by molar-refractivity contribution is 0.353. The van der Waals surface area contributed by atoms with Crippen LogP contribution in [-0.2, 0) is 6.42 Å². The van der Waals surface area contributed by atoms with Crippen LogP contribution in [0.3, 0.4) is 0 Å². The van der Waals surface area contributed by atoms with Gasteiger partial charge in [-0.2, -0.15) is 0 Å². The van der Waals surface area contributed by atoms with Crippen LogP contribution >= 0.6 is 0 Å². The van der Waals surface area contributed by atoms with Crippen LogP contribution in [0.25, 0.3) is 10.9 Å². The number of para-hydroxylation sites is 1. The molecule has 1 aliphatic rings. The second kappa shape index (κ2) is 5.90. The van der Waals surface area contributed by atoms with E-state index in [2.05, 4.69) is 41.6 Å². The predicted molar refractivity (Wildman–Crippen MR) is 83.1 cm³/mol. The quantitative estimate of drug-likeness (QED) is 0.662. The van der Waals surface area contributed by atoms with E-state index in [0.717, 1.165) is 17.9 Å². The Bertz CT molecular complexity index is 576. The summed E-state index contributed by atoms with van der Waals surface area (Å²) in [7, 11) is 0. The van der Waals surface area contributed by atoms with E-state index in [1.807, 2.05) is 12.3 Å². The third-order valence-electron chi connectivity index (χ3n) is 4.70. The SMILES string of the molecule is CC1CCC(C(Cc2ccnc3ccccc23)NN)C1. The van der Waals surface area contributed by atoms with Crippen LogP contribution in [-0.4, -0.2) is 11.0 Å². The zero-order valence-electron chi connectivity index (χ0n) is 12.0. The first kappa shape index (κ1) is 13.5. The first-order valence-corrected chi connectivity index (χ1v) is 7.56. The summed E-state index contributed by atoms with van der Waals surface area (Å²) >= 11 is 0. The van der Waals surface area contributed by atoms with Gasteiger partial charge in [0, 0.05) is 17.6 Å². The molecule has 3 N–H and O–H groups in total. The highest BCUT2D eigenvalue weighted by Crippen LogP contribution is 2.34. The van der Waals surface area contributed by atoms with Crippen molar-refractivity contribution in [1.29, 1.82) is 0 Å². The number of hydrazine groups is 1. The minimum atomic E-state index is 0.366. The van der Waals surface area contributed by atoms with Gasteiger partial charge < -0.3 is 0 Å². The lowest BCUT2D eigenvalue weighted by atomic mass is 9.91. The molecule has 3 atom stereocenters. The van der Waals surface area contributed by atoms with Crippen molar-refractivity contribution in [3.63, 3.8) is 0 Å². The molecular weight excluding hydrogens is 246 g/mol. The Morgan fingerprint density at radius 2 is 2.15 bits per heavy atom. The maximum Gasteiger partial charge on any atom is 0.0704 e. The summed E-state index contributed by atoms with van der Waals surface area (Å²) in [4.78, 5) is 4.43. The Labute approximate surface area is 120 Å². The number of benzene rings is 1. The van der Waals surface area contributed by atoms with Crippen molar-refractivity contribution in [2.75, 3.05) is 0 Å². The van der Waals surface area contributed by atoms with Crippen LogP contribution in [0.4, 0.5) is 0 Å². The molecule has 2 aromatic rings. The lowest BCUT2D eigenvalue weighted by Gasteiger charge is -2.23. The molecule has 1 saturated carbocycles. The fraction of sp³-hybridized carbons (Fsp3) is 0.471. The van der Waals surface area contributed by atoms with Gasteiger partial charge in [-0.05, 0) is 48.8 Å². The number of hydrogen-bond donors (Lipinski definition) is 2. The Morgan fingerprint density at radius 3 is 2.90 bits per heavy atom. The van der Waals surface area contributed by atoms with Crippen LogP contribution in [0.1, 0.15) is 31.7 Å². The lowest BCUT2D eigenvalue weighted by Crippen LogP contribution is -2.41. The molecule has 3 unspecified atom stereocenters. The molecule has 1 aliphatic carbocycles. The van der Waals surface area contributed by atoms with Gasteiger partial charge in [0.2, 0.25) is 0 Å². The van der Waals surface area contributed by atoms with Crippen LogP contribution in [0.15, 0.2) is 36.5 Å². The summed E-state index contributed by atoms with van der Waals surface area (Å²) in [6.45, 7) is 2.34. The number of hydrogen-bond acceptors (Lipinski definition) is 3. The van der Waals surface area contributed by atoms with Gasteiger partial charge in [0.25, 0.3) is 0 Å². The molecule has 0 spiro atoms. The van der Waals surface area contributed by atoms with Gasteiger partial charge in [0.15, 0.2) is 0 Å². The Hall–Kier alpha value is -1.45. The van der Waals surface area contributed by atoms with Gasteiger partial charge >= 0.3 is 0 Å². The summed E-state index contributed by atoms with van der Waals surface area (Å²) in [5.74, 6) is 7.36. The van der Waals surface area contributed by atoms with Crippen molar-refractivity contribution in [2.24, 2.45) is 17.7 Å². The first-order valence-electron chi connectivity index (χ1n) is 7.56. The van der Waals surface area contributed by atoms with E-state index < -0.39 is 0 Å². The molecule has 0 saturated heterocycles. The van der Waals surface area contributed by atoms with Gasteiger partial charge in [0.1, 0.15) is 0 Å². The van der Waals surface area contributed by atoms with Crippen molar-refractivity contribution in [1.82, 2.24) is 10.4 Å². The molecule has 0 bridgehead atoms. The van der Waals surface area contributed by atoms with Crippen molar-refractivity contribution < 1.29 is 0 Å². The first-order chi connectivity index (χ1) is 9.78. The van der Waals surface area contributed by atoms with Gasteiger partial charge in [-0.1, -0.05) is 31.5 Å². The third kappa shape index (κ3) is 2.69. The maximum atomic E-state index is 5.82. The zero-order chi connectivity index (χ0) is 13.9. The summed E-state index contributed by atoms with van der Waals surface area (Å²) in [5.41, 5.74) is 5.47. The number of rotatable bonds is 4. The van der Waals surface area contributed by atoms with Crippen LogP contribution in [0.5, 0.6) is 0 Å². The highest BCUT2D eigenvalue weighted by molar-refractivity contribution is 5.81. The van der Waals surface area contributed by atoms with Gasteiger partial charge in [-0.25, -0.2) is 0 Å². The molecule has 3 nitrogen and oxygen atoms in total. The average Bonchev–Trinajstić information content (AvgIpc) is 2.91. The fourth-order valence-corrected chi connectivity index (χ4v) is 3.55. The largest absolute Gasteiger partial charge is 0.271 e. The summed E-state index contributed by atoms with van der Waals surface area (Å²) in [6.07, 6.45) is 6.80. The van der Waals surface area contributed by atoms with Crippen LogP contribution < -0.4 is 11.3 Å². The molecule has 20 heavy (non-hydrogen) atoms. The van der Waals surface area contributed by atoms with Crippen molar-refractivity contribution in [3.05, 3.63) is 42.1 Å².